The van der Waals surface area contributed by atoms with Crippen molar-refractivity contribution in [3.63, 3.8) is 0 Å². The highest BCUT2D eigenvalue weighted by Crippen LogP contribution is 2.14. The first kappa shape index (κ1) is 17.3. The van der Waals surface area contributed by atoms with Gasteiger partial charge in [0.2, 0.25) is 0 Å². The van der Waals surface area contributed by atoms with Gasteiger partial charge < -0.3 is 9.47 Å². The van der Waals surface area contributed by atoms with Gasteiger partial charge in [-0.1, -0.05) is 69.4 Å². The third kappa shape index (κ3) is 7.54. The molecule has 0 bridgehead atoms. The normalized spacial score (nSPS) is 11.2. The van der Waals surface area contributed by atoms with Crippen LogP contribution in [0.3, 0.4) is 0 Å². The Hall–Kier alpha value is -1.77. The zero-order valence-corrected chi connectivity index (χ0v) is 13.1. The largest absolute Gasteiger partial charge is 0.496 e. The molecule has 0 amide bonds. The highest BCUT2D eigenvalue weighted by molar-refractivity contribution is 5.89. The molecule has 0 fully saturated rings. The van der Waals surface area contributed by atoms with Gasteiger partial charge in [0.05, 0.1) is 19.8 Å². The third-order valence-electron chi connectivity index (χ3n) is 3.27. The highest BCUT2D eigenvalue weighted by atomic mass is 16.5. The summed E-state index contributed by atoms with van der Waals surface area (Å²) in [5, 5.41) is 0. The van der Waals surface area contributed by atoms with Crippen molar-refractivity contribution in [3.8, 4) is 0 Å². The van der Waals surface area contributed by atoms with Gasteiger partial charge in [-0.25, -0.2) is 4.79 Å². The number of unbranched alkanes of at least 4 members (excludes halogenated alkanes) is 5. The average Bonchev–Trinajstić information content (AvgIpc) is 2.52. The van der Waals surface area contributed by atoms with Crippen LogP contribution in [0, 0.1) is 0 Å². The van der Waals surface area contributed by atoms with Gasteiger partial charge in [0.15, 0.2) is 0 Å². The Balaban J connectivity index is 2.29. The molecule has 0 radical (unpaired) electrons. The molecule has 0 saturated heterocycles. The first-order valence-corrected chi connectivity index (χ1v) is 7.75. The number of benzene rings is 1. The monoisotopic (exact) mass is 290 g/mol. The van der Waals surface area contributed by atoms with Crippen LogP contribution in [0.25, 0.3) is 5.76 Å². The lowest BCUT2D eigenvalue weighted by Gasteiger charge is -2.06. The molecule has 1 aromatic rings. The van der Waals surface area contributed by atoms with Crippen molar-refractivity contribution in [1.82, 2.24) is 0 Å². The number of carbonyl (C=O) groups is 1. The molecule has 0 aliphatic rings. The number of ether oxygens (including phenoxy) is 2. The van der Waals surface area contributed by atoms with E-state index in [2.05, 4.69) is 6.92 Å². The smallest absolute Gasteiger partial charge is 0.334 e. The Morgan fingerprint density at radius 3 is 2.38 bits per heavy atom. The molecule has 3 nitrogen and oxygen atoms in total. The molecule has 1 rings (SSSR count). The van der Waals surface area contributed by atoms with Crippen molar-refractivity contribution in [2.24, 2.45) is 0 Å². The number of hydrogen-bond donors (Lipinski definition) is 0. The standard InChI is InChI=1S/C18H26O3/c1-3-4-5-6-7-11-14-21-18(19)15-17(20-2)16-12-9-8-10-13-16/h8-10,12-13,15H,3-7,11,14H2,1-2H3. The van der Waals surface area contributed by atoms with Crippen LogP contribution in [0.15, 0.2) is 36.4 Å². The van der Waals surface area contributed by atoms with E-state index in [1.54, 1.807) is 7.11 Å². The summed E-state index contributed by atoms with van der Waals surface area (Å²) < 4.78 is 10.4. The van der Waals surface area contributed by atoms with Crippen LogP contribution in [0.5, 0.6) is 0 Å². The molecule has 0 aliphatic carbocycles. The van der Waals surface area contributed by atoms with E-state index in [9.17, 15) is 4.79 Å². The maximum atomic E-state index is 11.7. The number of methoxy groups -OCH3 is 1. The van der Waals surface area contributed by atoms with Crippen LogP contribution in [0.4, 0.5) is 0 Å². The lowest BCUT2D eigenvalue weighted by atomic mass is 10.1. The first-order chi connectivity index (χ1) is 10.3. The predicted molar refractivity (Wildman–Crippen MR) is 85.8 cm³/mol. The van der Waals surface area contributed by atoms with Gasteiger partial charge in [0, 0.05) is 5.56 Å². The minimum Gasteiger partial charge on any atom is -0.496 e. The van der Waals surface area contributed by atoms with Crippen molar-refractivity contribution in [2.75, 3.05) is 13.7 Å². The van der Waals surface area contributed by atoms with Crippen LogP contribution in [0.1, 0.15) is 51.0 Å². The fraction of sp³-hybridized carbons (Fsp3) is 0.500. The van der Waals surface area contributed by atoms with Gasteiger partial charge in [0.25, 0.3) is 0 Å². The van der Waals surface area contributed by atoms with Gasteiger partial charge in [-0.15, -0.1) is 0 Å². The lowest BCUT2D eigenvalue weighted by Crippen LogP contribution is -2.04. The van der Waals surface area contributed by atoms with E-state index in [4.69, 9.17) is 9.47 Å². The van der Waals surface area contributed by atoms with E-state index in [-0.39, 0.29) is 5.97 Å². The molecule has 21 heavy (non-hydrogen) atoms. The SMILES string of the molecule is CCCCCCCCOC(=O)C=C(OC)c1ccccc1. The second-order valence-electron chi connectivity index (χ2n) is 5.01. The molecule has 116 valence electrons. The minimum absolute atomic E-state index is 0.343. The van der Waals surface area contributed by atoms with Gasteiger partial charge in [-0.2, -0.15) is 0 Å². The lowest BCUT2D eigenvalue weighted by molar-refractivity contribution is -0.137. The Morgan fingerprint density at radius 1 is 1.05 bits per heavy atom. The van der Waals surface area contributed by atoms with Crippen LogP contribution >= 0.6 is 0 Å². The van der Waals surface area contributed by atoms with Gasteiger partial charge in [-0.3, -0.25) is 0 Å². The van der Waals surface area contributed by atoms with E-state index in [0.717, 1.165) is 18.4 Å². The Bertz CT molecular complexity index is 423. The summed E-state index contributed by atoms with van der Waals surface area (Å²) in [6.45, 7) is 2.68. The van der Waals surface area contributed by atoms with E-state index in [0.29, 0.717) is 12.4 Å². The molecular weight excluding hydrogens is 264 g/mol. The van der Waals surface area contributed by atoms with E-state index in [1.165, 1.54) is 31.8 Å². The Kier molecular flexibility index (Phi) is 9.01. The Morgan fingerprint density at radius 2 is 1.71 bits per heavy atom. The number of rotatable bonds is 10. The fourth-order valence-corrected chi connectivity index (χ4v) is 2.07. The topological polar surface area (TPSA) is 35.5 Å². The highest BCUT2D eigenvalue weighted by Gasteiger charge is 2.05. The van der Waals surface area contributed by atoms with Gasteiger partial charge in [-0.05, 0) is 6.42 Å². The minimum atomic E-state index is -0.343. The van der Waals surface area contributed by atoms with Crippen molar-refractivity contribution in [1.29, 1.82) is 0 Å². The molecule has 0 saturated carbocycles. The van der Waals surface area contributed by atoms with Crippen molar-refractivity contribution >= 4 is 11.7 Å². The summed E-state index contributed by atoms with van der Waals surface area (Å²) in [5.41, 5.74) is 0.872. The molecule has 1 aromatic carbocycles. The van der Waals surface area contributed by atoms with E-state index < -0.39 is 0 Å². The average molecular weight is 290 g/mol. The molecule has 0 aromatic heterocycles. The summed E-state index contributed by atoms with van der Waals surface area (Å²) >= 11 is 0. The van der Waals surface area contributed by atoms with Crippen LogP contribution in [-0.4, -0.2) is 19.7 Å². The quantitative estimate of drug-likeness (QED) is 0.274. The predicted octanol–water partition coefficient (Wildman–Crippen LogP) is 4.58. The molecule has 3 heteroatoms. The first-order valence-electron chi connectivity index (χ1n) is 7.75. The van der Waals surface area contributed by atoms with Crippen LogP contribution in [0.2, 0.25) is 0 Å². The number of esters is 1. The maximum absolute atomic E-state index is 11.7. The maximum Gasteiger partial charge on any atom is 0.334 e. The van der Waals surface area contributed by atoms with Crippen LogP contribution in [-0.2, 0) is 14.3 Å². The summed E-state index contributed by atoms with van der Waals surface area (Å²) in [7, 11) is 1.56. The van der Waals surface area contributed by atoms with Gasteiger partial charge >= 0.3 is 5.97 Å². The third-order valence-corrected chi connectivity index (χ3v) is 3.27. The van der Waals surface area contributed by atoms with Crippen molar-refractivity contribution in [2.45, 2.75) is 45.4 Å². The zero-order valence-electron chi connectivity index (χ0n) is 13.1. The van der Waals surface area contributed by atoms with Crippen LogP contribution < -0.4 is 0 Å². The summed E-state index contributed by atoms with van der Waals surface area (Å²) in [4.78, 5) is 11.7. The summed E-state index contributed by atoms with van der Waals surface area (Å²) in [6, 6.07) is 9.54. The molecule has 0 heterocycles. The second kappa shape index (κ2) is 11.0. The fourth-order valence-electron chi connectivity index (χ4n) is 2.07. The Labute approximate surface area is 128 Å². The van der Waals surface area contributed by atoms with Gasteiger partial charge in [0.1, 0.15) is 5.76 Å². The van der Waals surface area contributed by atoms with Crippen molar-refractivity contribution < 1.29 is 14.3 Å². The molecule has 0 atom stereocenters. The molecule has 0 spiro atoms. The summed E-state index contributed by atoms with van der Waals surface area (Å²) in [5.74, 6) is 0.188. The zero-order chi connectivity index (χ0) is 15.3. The number of hydrogen-bond acceptors (Lipinski definition) is 3. The summed E-state index contributed by atoms with van der Waals surface area (Å²) in [6.07, 6.45) is 8.48. The number of carbonyl (C=O) groups excluding carboxylic acids is 1. The molecule has 0 unspecified atom stereocenters. The molecule has 0 aliphatic heterocycles. The molecule has 0 N–H and O–H groups in total. The molecular formula is C18H26O3. The second-order valence-corrected chi connectivity index (χ2v) is 5.01. The van der Waals surface area contributed by atoms with E-state index >= 15 is 0 Å². The van der Waals surface area contributed by atoms with E-state index in [1.807, 2.05) is 30.3 Å². The van der Waals surface area contributed by atoms with Crippen molar-refractivity contribution in [3.05, 3.63) is 42.0 Å².